The van der Waals surface area contributed by atoms with E-state index in [1.54, 1.807) is 55.1 Å². The molecule has 168 valence electrons. The maximum absolute atomic E-state index is 12.8. The molecule has 1 atom stereocenters. The summed E-state index contributed by atoms with van der Waals surface area (Å²) in [6.45, 7) is -0.104. The number of aromatic nitrogens is 4. The van der Waals surface area contributed by atoms with Gasteiger partial charge in [0.25, 0.3) is 5.91 Å². The van der Waals surface area contributed by atoms with E-state index in [-0.39, 0.29) is 12.4 Å². The van der Waals surface area contributed by atoms with E-state index in [2.05, 4.69) is 37.4 Å². The van der Waals surface area contributed by atoms with E-state index in [0.29, 0.717) is 22.4 Å². The topological polar surface area (TPSA) is 131 Å². The maximum Gasteiger partial charge on any atom is 0.323 e. The van der Waals surface area contributed by atoms with Crippen LogP contribution in [0.1, 0.15) is 5.56 Å². The summed E-state index contributed by atoms with van der Waals surface area (Å²) < 4.78 is 6.69. The number of imide groups is 1. The molecule has 5 rings (SSSR count). The van der Waals surface area contributed by atoms with E-state index in [0.717, 1.165) is 10.9 Å². The van der Waals surface area contributed by atoms with Crippen molar-refractivity contribution in [2.45, 2.75) is 12.1 Å². The largest absolute Gasteiger partial charge is 0.497 e. The van der Waals surface area contributed by atoms with Gasteiger partial charge in [0, 0.05) is 46.7 Å². The van der Waals surface area contributed by atoms with Gasteiger partial charge in [0.1, 0.15) is 12.1 Å². The molecule has 1 aliphatic rings. The number of benzene rings is 1. The summed E-state index contributed by atoms with van der Waals surface area (Å²) in [5.74, 6) is 5.70. The van der Waals surface area contributed by atoms with Crippen LogP contribution in [0.4, 0.5) is 4.79 Å². The molecule has 4 aromatic rings. The molecule has 1 fully saturated rings. The summed E-state index contributed by atoms with van der Waals surface area (Å²) in [6, 6.07) is 8.11. The third-order valence-corrected chi connectivity index (χ3v) is 5.46. The van der Waals surface area contributed by atoms with Crippen molar-refractivity contribution in [2.75, 3.05) is 7.11 Å². The minimum absolute atomic E-state index is 0.0693. The fraction of sp³-hybridized carbons (Fsp3) is 0.125. The molecule has 0 aliphatic carbocycles. The van der Waals surface area contributed by atoms with Gasteiger partial charge < -0.3 is 19.7 Å². The molecule has 3 amide bonds. The van der Waals surface area contributed by atoms with Crippen molar-refractivity contribution in [1.82, 2.24) is 30.2 Å². The van der Waals surface area contributed by atoms with Crippen molar-refractivity contribution >= 4 is 22.7 Å². The van der Waals surface area contributed by atoms with Crippen LogP contribution in [0.25, 0.3) is 22.0 Å². The van der Waals surface area contributed by atoms with Crippen LogP contribution in [0.15, 0.2) is 61.4 Å². The van der Waals surface area contributed by atoms with E-state index < -0.39 is 17.5 Å². The normalized spacial score (nSPS) is 17.1. The molecule has 34 heavy (non-hydrogen) atoms. The second-order valence-corrected chi connectivity index (χ2v) is 7.66. The van der Waals surface area contributed by atoms with Crippen molar-refractivity contribution < 1.29 is 19.4 Å². The highest BCUT2D eigenvalue weighted by atomic mass is 16.5. The van der Waals surface area contributed by atoms with E-state index in [4.69, 9.17) is 4.74 Å². The number of rotatable bonds is 4. The summed E-state index contributed by atoms with van der Waals surface area (Å²) in [5, 5.41) is 16.9. The summed E-state index contributed by atoms with van der Waals surface area (Å²) in [6.07, 6.45) is 7.98. The molecule has 3 N–H and O–H groups in total. The number of aromatic hydroxyl groups is 1. The Morgan fingerprint density at radius 2 is 1.97 bits per heavy atom. The minimum Gasteiger partial charge on any atom is -0.497 e. The van der Waals surface area contributed by atoms with Crippen LogP contribution in [-0.4, -0.2) is 49.2 Å². The van der Waals surface area contributed by atoms with E-state index in [1.807, 2.05) is 0 Å². The Bertz CT molecular complexity index is 1470. The van der Waals surface area contributed by atoms with Crippen molar-refractivity contribution in [3.05, 3.63) is 67.0 Å². The molecule has 1 saturated heterocycles. The third-order valence-electron chi connectivity index (χ3n) is 5.46. The number of carbonyl (C=O) groups excluding carboxylic acids is 2. The zero-order valence-corrected chi connectivity index (χ0v) is 17.9. The first-order chi connectivity index (χ1) is 16.5. The first kappa shape index (κ1) is 21.0. The van der Waals surface area contributed by atoms with Gasteiger partial charge in [0.15, 0.2) is 5.88 Å². The fourth-order valence-electron chi connectivity index (χ4n) is 3.71. The Morgan fingerprint density at radius 3 is 2.65 bits per heavy atom. The molecule has 3 aromatic heterocycles. The molecular formula is C24H18N6O4. The first-order valence-electron chi connectivity index (χ1n) is 10.2. The zero-order chi connectivity index (χ0) is 23.7. The summed E-state index contributed by atoms with van der Waals surface area (Å²) >= 11 is 0. The smallest absolute Gasteiger partial charge is 0.323 e. The molecule has 10 nitrogen and oxygen atoms in total. The van der Waals surface area contributed by atoms with Gasteiger partial charge in [-0.2, -0.15) is 0 Å². The molecule has 0 unspecified atom stereocenters. The number of methoxy groups -OCH3 is 1. The molecule has 0 saturated carbocycles. The quantitative estimate of drug-likeness (QED) is 0.317. The SMILES string of the molecule is COc1ccc2cn(C[C@@]3(C#Cc4ccc(-c5cncnc5)nc4)NC(=O)NC3=O)c(O)c2c1. The Balaban J connectivity index is 1.48. The number of ether oxygens (including phenoxy) is 1. The number of pyridine rings is 1. The number of amides is 3. The van der Waals surface area contributed by atoms with Crippen LogP contribution in [-0.2, 0) is 11.3 Å². The van der Waals surface area contributed by atoms with Gasteiger partial charge >= 0.3 is 6.03 Å². The van der Waals surface area contributed by atoms with Crippen LogP contribution in [0, 0.1) is 11.8 Å². The molecule has 0 spiro atoms. The van der Waals surface area contributed by atoms with Crippen LogP contribution in [0.5, 0.6) is 11.6 Å². The van der Waals surface area contributed by atoms with E-state index in [9.17, 15) is 14.7 Å². The predicted octanol–water partition coefficient (Wildman–Crippen LogP) is 1.84. The zero-order valence-electron chi connectivity index (χ0n) is 17.9. The fourth-order valence-corrected chi connectivity index (χ4v) is 3.71. The Hall–Kier alpha value is -4.91. The van der Waals surface area contributed by atoms with Gasteiger partial charge in [-0.25, -0.2) is 14.8 Å². The lowest BCUT2D eigenvalue weighted by Crippen LogP contribution is -2.49. The highest BCUT2D eigenvalue weighted by molar-refractivity contribution is 6.09. The molecule has 1 aromatic carbocycles. The van der Waals surface area contributed by atoms with Gasteiger partial charge in [-0.1, -0.05) is 11.8 Å². The average Bonchev–Trinajstić information content (AvgIpc) is 3.32. The number of nitrogens with one attached hydrogen (secondary N) is 2. The van der Waals surface area contributed by atoms with Gasteiger partial charge in [0.05, 0.1) is 19.3 Å². The summed E-state index contributed by atoms with van der Waals surface area (Å²) in [5.41, 5.74) is 0.389. The Morgan fingerprint density at radius 1 is 1.15 bits per heavy atom. The minimum atomic E-state index is -1.58. The van der Waals surface area contributed by atoms with Crippen molar-refractivity contribution in [3.63, 3.8) is 0 Å². The van der Waals surface area contributed by atoms with Gasteiger partial charge in [-0.05, 0) is 30.3 Å². The van der Waals surface area contributed by atoms with Crippen molar-refractivity contribution in [1.29, 1.82) is 0 Å². The number of nitrogens with zero attached hydrogens (tertiary/aromatic N) is 4. The van der Waals surface area contributed by atoms with Gasteiger partial charge in [0.2, 0.25) is 5.54 Å². The lowest BCUT2D eigenvalue weighted by Gasteiger charge is -2.20. The second-order valence-electron chi connectivity index (χ2n) is 7.66. The number of hydrogen-bond acceptors (Lipinski definition) is 7. The van der Waals surface area contributed by atoms with Crippen LogP contribution >= 0.6 is 0 Å². The molecule has 1 aliphatic heterocycles. The van der Waals surface area contributed by atoms with E-state index >= 15 is 0 Å². The Labute approximate surface area is 193 Å². The Kier molecular flexibility index (Phi) is 5.07. The standard InChI is InChI=1S/C24H18N6O4/c1-34-18-4-3-16-12-30(21(31)19(16)8-18)13-24(22(32)28-23(33)29-24)7-6-15-2-5-20(27-9-15)17-10-25-14-26-11-17/h2-5,8-12,14,31H,13H2,1H3,(H2,28,29,32,33)/t24-/m1/s1. The summed E-state index contributed by atoms with van der Waals surface area (Å²) in [7, 11) is 1.53. The van der Waals surface area contributed by atoms with Crippen molar-refractivity contribution in [3.8, 4) is 34.7 Å². The van der Waals surface area contributed by atoms with Crippen LogP contribution < -0.4 is 15.4 Å². The third kappa shape index (κ3) is 3.75. The number of carbonyl (C=O) groups is 2. The maximum atomic E-state index is 12.8. The average molecular weight is 454 g/mol. The number of hydrogen-bond donors (Lipinski definition) is 3. The molecule has 10 heteroatoms. The lowest BCUT2D eigenvalue weighted by atomic mass is 10.00. The van der Waals surface area contributed by atoms with Crippen LogP contribution in [0.2, 0.25) is 0 Å². The number of urea groups is 1. The highest BCUT2D eigenvalue weighted by Gasteiger charge is 2.46. The first-order valence-corrected chi connectivity index (χ1v) is 10.2. The number of fused-ring (bicyclic) bond motifs is 1. The lowest BCUT2D eigenvalue weighted by molar-refractivity contribution is -0.122. The molecule has 0 radical (unpaired) electrons. The molecule has 0 bridgehead atoms. The monoisotopic (exact) mass is 454 g/mol. The van der Waals surface area contributed by atoms with E-state index in [1.165, 1.54) is 18.0 Å². The predicted molar refractivity (Wildman–Crippen MR) is 122 cm³/mol. The molecule has 4 heterocycles. The second kappa shape index (κ2) is 8.22. The van der Waals surface area contributed by atoms with Gasteiger partial charge in [-0.3, -0.25) is 15.1 Å². The molecular weight excluding hydrogens is 436 g/mol. The van der Waals surface area contributed by atoms with Crippen molar-refractivity contribution in [2.24, 2.45) is 0 Å². The summed E-state index contributed by atoms with van der Waals surface area (Å²) in [4.78, 5) is 37.1. The van der Waals surface area contributed by atoms with Gasteiger partial charge in [-0.15, -0.1) is 0 Å². The highest BCUT2D eigenvalue weighted by Crippen LogP contribution is 2.32. The van der Waals surface area contributed by atoms with Crippen LogP contribution in [0.3, 0.4) is 0 Å².